The number of aryl methyl sites for hydroxylation is 1. The molecule has 0 bridgehead atoms. The van der Waals surface area contributed by atoms with Crippen LogP contribution in [-0.4, -0.2) is 22.5 Å². The SMILES string of the molecule is COc1ccc(NC(=O)Nc2cnc3cc(C)ccn3c2=O)cc1. The zero-order chi connectivity index (χ0) is 17.1. The van der Waals surface area contributed by atoms with Crippen molar-refractivity contribution in [2.75, 3.05) is 17.7 Å². The average Bonchev–Trinajstić information content (AvgIpc) is 2.58. The summed E-state index contributed by atoms with van der Waals surface area (Å²) in [4.78, 5) is 28.6. The molecule has 0 aliphatic rings. The number of nitrogens with one attached hydrogen (secondary N) is 2. The molecule has 0 saturated heterocycles. The molecule has 0 radical (unpaired) electrons. The molecule has 0 spiro atoms. The van der Waals surface area contributed by atoms with Gasteiger partial charge in [0.1, 0.15) is 17.1 Å². The number of pyridine rings is 1. The van der Waals surface area contributed by atoms with E-state index in [-0.39, 0.29) is 11.2 Å². The van der Waals surface area contributed by atoms with Gasteiger partial charge in [0.05, 0.1) is 13.3 Å². The van der Waals surface area contributed by atoms with E-state index in [1.807, 2.05) is 6.92 Å². The molecule has 3 rings (SSSR count). The first-order chi connectivity index (χ1) is 11.6. The number of anilines is 2. The number of carbonyl (C=O) groups excluding carboxylic acids is 1. The minimum Gasteiger partial charge on any atom is -0.497 e. The Hall–Kier alpha value is -3.35. The second kappa shape index (κ2) is 6.41. The molecule has 3 aromatic rings. The summed E-state index contributed by atoms with van der Waals surface area (Å²) in [6.07, 6.45) is 2.98. The Morgan fingerprint density at radius 2 is 1.92 bits per heavy atom. The normalized spacial score (nSPS) is 10.4. The molecule has 2 N–H and O–H groups in total. The number of benzene rings is 1. The van der Waals surface area contributed by atoms with E-state index in [4.69, 9.17) is 4.74 Å². The van der Waals surface area contributed by atoms with E-state index < -0.39 is 6.03 Å². The molecule has 0 saturated carbocycles. The summed E-state index contributed by atoms with van der Waals surface area (Å²) in [6, 6.07) is 9.93. The number of hydrogen-bond donors (Lipinski definition) is 2. The highest BCUT2D eigenvalue weighted by molar-refractivity contribution is 5.99. The molecular weight excluding hydrogens is 308 g/mol. The van der Waals surface area contributed by atoms with Gasteiger partial charge in [-0.15, -0.1) is 0 Å². The summed E-state index contributed by atoms with van der Waals surface area (Å²) in [6.45, 7) is 1.92. The zero-order valence-electron chi connectivity index (χ0n) is 13.2. The lowest BCUT2D eigenvalue weighted by molar-refractivity contribution is 0.262. The maximum Gasteiger partial charge on any atom is 0.323 e. The number of carbonyl (C=O) groups is 1. The number of hydrogen-bond acceptors (Lipinski definition) is 4. The van der Waals surface area contributed by atoms with Gasteiger partial charge in [-0.05, 0) is 48.9 Å². The average molecular weight is 324 g/mol. The van der Waals surface area contributed by atoms with Crippen LogP contribution in [0, 0.1) is 6.92 Å². The summed E-state index contributed by atoms with van der Waals surface area (Å²) in [5, 5.41) is 5.16. The highest BCUT2D eigenvalue weighted by Crippen LogP contribution is 2.15. The molecule has 2 aromatic heterocycles. The second-order valence-electron chi connectivity index (χ2n) is 5.22. The van der Waals surface area contributed by atoms with Crippen LogP contribution in [0.25, 0.3) is 5.65 Å². The van der Waals surface area contributed by atoms with Gasteiger partial charge in [-0.2, -0.15) is 0 Å². The van der Waals surface area contributed by atoms with Crippen LogP contribution in [0.1, 0.15) is 5.56 Å². The standard InChI is InChI=1S/C17H16N4O3/c1-11-7-8-21-15(9-11)18-10-14(16(21)22)20-17(23)19-12-3-5-13(24-2)6-4-12/h3-10H,1-2H3,(H2,19,20,23). The Morgan fingerprint density at radius 3 is 2.62 bits per heavy atom. The van der Waals surface area contributed by atoms with Crippen molar-refractivity contribution in [3.63, 3.8) is 0 Å². The fraction of sp³-hybridized carbons (Fsp3) is 0.118. The van der Waals surface area contributed by atoms with E-state index in [1.165, 1.54) is 10.6 Å². The van der Waals surface area contributed by atoms with Crippen LogP contribution in [0.2, 0.25) is 0 Å². The first kappa shape index (κ1) is 15.5. The van der Waals surface area contributed by atoms with Gasteiger partial charge in [0.2, 0.25) is 0 Å². The molecule has 0 fully saturated rings. The molecular formula is C17H16N4O3. The predicted octanol–water partition coefficient (Wildman–Crippen LogP) is 2.66. The Balaban J connectivity index is 1.78. The predicted molar refractivity (Wildman–Crippen MR) is 91.8 cm³/mol. The summed E-state index contributed by atoms with van der Waals surface area (Å²) < 4.78 is 6.44. The van der Waals surface area contributed by atoms with Crippen LogP contribution < -0.4 is 20.9 Å². The van der Waals surface area contributed by atoms with Crippen LogP contribution in [0.15, 0.2) is 53.6 Å². The fourth-order valence-electron chi connectivity index (χ4n) is 2.22. The number of urea groups is 1. The number of ether oxygens (including phenoxy) is 1. The smallest absolute Gasteiger partial charge is 0.323 e. The molecule has 2 amide bonds. The number of rotatable bonds is 3. The van der Waals surface area contributed by atoms with Crippen LogP contribution in [0.5, 0.6) is 5.75 Å². The number of amides is 2. The van der Waals surface area contributed by atoms with Gasteiger partial charge in [-0.1, -0.05) is 0 Å². The Kier molecular flexibility index (Phi) is 4.15. The topological polar surface area (TPSA) is 84.7 Å². The van der Waals surface area contributed by atoms with Crippen molar-refractivity contribution in [1.29, 1.82) is 0 Å². The van der Waals surface area contributed by atoms with E-state index in [1.54, 1.807) is 49.7 Å². The molecule has 24 heavy (non-hydrogen) atoms. The Bertz CT molecular complexity index is 948. The molecule has 0 atom stereocenters. The monoisotopic (exact) mass is 324 g/mol. The second-order valence-corrected chi connectivity index (χ2v) is 5.22. The van der Waals surface area contributed by atoms with Crippen LogP contribution >= 0.6 is 0 Å². The molecule has 0 aliphatic heterocycles. The van der Waals surface area contributed by atoms with Gasteiger partial charge in [0.15, 0.2) is 0 Å². The van der Waals surface area contributed by atoms with Crippen molar-refractivity contribution in [3.05, 3.63) is 64.7 Å². The number of aromatic nitrogens is 2. The summed E-state index contributed by atoms with van der Waals surface area (Å²) >= 11 is 0. The lowest BCUT2D eigenvalue weighted by atomic mass is 10.3. The van der Waals surface area contributed by atoms with E-state index in [0.29, 0.717) is 17.1 Å². The van der Waals surface area contributed by atoms with Crippen molar-refractivity contribution in [1.82, 2.24) is 9.38 Å². The van der Waals surface area contributed by atoms with E-state index in [9.17, 15) is 9.59 Å². The third kappa shape index (κ3) is 3.19. The van der Waals surface area contributed by atoms with Crippen molar-refractivity contribution in [2.24, 2.45) is 0 Å². The van der Waals surface area contributed by atoms with E-state index in [0.717, 1.165) is 5.56 Å². The van der Waals surface area contributed by atoms with Crippen molar-refractivity contribution in [3.8, 4) is 5.75 Å². The summed E-state index contributed by atoms with van der Waals surface area (Å²) in [5.41, 5.74) is 1.87. The van der Waals surface area contributed by atoms with Crippen molar-refractivity contribution in [2.45, 2.75) is 6.92 Å². The minimum atomic E-state index is -0.522. The lowest BCUT2D eigenvalue weighted by Gasteiger charge is -2.09. The van der Waals surface area contributed by atoms with Gasteiger partial charge in [-0.3, -0.25) is 9.20 Å². The molecule has 122 valence electrons. The molecule has 7 nitrogen and oxygen atoms in total. The quantitative estimate of drug-likeness (QED) is 0.775. The molecule has 2 heterocycles. The number of fused-ring (bicyclic) bond motifs is 1. The molecule has 0 aliphatic carbocycles. The van der Waals surface area contributed by atoms with Crippen LogP contribution in [0.3, 0.4) is 0 Å². The summed E-state index contributed by atoms with van der Waals surface area (Å²) in [7, 11) is 1.57. The first-order valence-corrected chi connectivity index (χ1v) is 7.27. The number of methoxy groups -OCH3 is 1. The summed E-state index contributed by atoms with van der Waals surface area (Å²) in [5.74, 6) is 0.688. The van der Waals surface area contributed by atoms with E-state index in [2.05, 4.69) is 15.6 Å². The van der Waals surface area contributed by atoms with Gasteiger partial charge < -0.3 is 15.4 Å². The van der Waals surface area contributed by atoms with Gasteiger partial charge >= 0.3 is 6.03 Å². The Morgan fingerprint density at radius 1 is 1.17 bits per heavy atom. The third-order valence-corrected chi connectivity index (χ3v) is 3.46. The molecule has 1 aromatic carbocycles. The third-order valence-electron chi connectivity index (χ3n) is 3.46. The number of nitrogens with zero attached hydrogens (tertiary/aromatic N) is 2. The molecule has 0 unspecified atom stereocenters. The highest BCUT2D eigenvalue weighted by atomic mass is 16.5. The lowest BCUT2D eigenvalue weighted by Crippen LogP contribution is -2.26. The van der Waals surface area contributed by atoms with Crippen molar-refractivity contribution < 1.29 is 9.53 Å². The largest absolute Gasteiger partial charge is 0.497 e. The van der Waals surface area contributed by atoms with E-state index >= 15 is 0 Å². The fourth-order valence-corrected chi connectivity index (χ4v) is 2.22. The zero-order valence-corrected chi connectivity index (χ0v) is 13.2. The maximum atomic E-state index is 12.4. The maximum absolute atomic E-state index is 12.4. The highest BCUT2D eigenvalue weighted by Gasteiger charge is 2.09. The Labute approximate surface area is 137 Å². The van der Waals surface area contributed by atoms with Gasteiger partial charge in [-0.25, -0.2) is 9.78 Å². The van der Waals surface area contributed by atoms with Crippen molar-refractivity contribution >= 4 is 23.1 Å². The van der Waals surface area contributed by atoms with Gasteiger partial charge in [0.25, 0.3) is 5.56 Å². The minimum absolute atomic E-state index is 0.0994. The van der Waals surface area contributed by atoms with Gasteiger partial charge in [0, 0.05) is 11.9 Å². The first-order valence-electron chi connectivity index (χ1n) is 7.27. The molecule has 7 heteroatoms. The van der Waals surface area contributed by atoms with Crippen LogP contribution in [-0.2, 0) is 0 Å². The van der Waals surface area contributed by atoms with Crippen LogP contribution in [0.4, 0.5) is 16.2 Å².